The number of carbonyl (C=O) groups excluding carboxylic acids is 2. The molecule has 218 valence electrons. The lowest BCUT2D eigenvalue weighted by Gasteiger charge is -2.42. The minimum absolute atomic E-state index is 0.0414. The Morgan fingerprint density at radius 3 is 2.22 bits per heavy atom. The van der Waals surface area contributed by atoms with Gasteiger partial charge in [0.15, 0.2) is 0 Å². The van der Waals surface area contributed by atoms with Gasteiger partial charge in [0.05, 0.1) is 11.0 Å². The standard InChI is InChI=1S/C35H46N4O2/c1-2-3-12-26-19-21-28(22-20-26)37-24-27(23-33(37)40)35-36-31-17-10-11-18-32(31)38(35)25-34(41)39(29-13-6-4-7-14-29)30-15-8-5-9-16-30/h10-11,17-22,27,29-30H,2-9,12-16,23-25H2,1H3. The van der Waals surface area contributed by atoms with E-state index in [4.69, 9.17) is 4.98 Å². The Morgan fingerprint density at radius 2 is 1.56 bits per heavy atom. The van der Waals surface area contributed by atoms with Crippen molar-refractivity contribution >= 4 is 28.5 Å². The van der Waals surface area contributed by atoms with Crippen LogP contribution in [0.5, 0.6) is 0 Å². The van der Waals surface area contributed by atoms with Crippen molar-refractivity contribution in [3.05, 3.63) is 59.9 Å². The Bertz CT molecular complexity index is 1320. The van der Waals surface area contributed by atoms with Crippen LogP contribution in [0.4, 0.5) is 5.69 Å². The summed E-state index contributed by atoms with van der Waals surface area (Å²) in [6.45, 7) is 3.11. The van der Waals surface area contributed by atoms with Crippen LogP contribution in [0.1, 0.15) is 108 Å². The van der Waals surface area contributed by atoms with Crippen LogP contribution in [0.2, 0.25) is 0 Å². The Balaban J connectivity index is 1.26. The maximum atomic E-state index is 14.3. The molecule has 2 aromatic carbocycles. The number of hydrogen-bond acceptors (Lipinski definition) is 3. The van der Waals surface area contributed by atoms with E-state index in [9.17, 15) is 9.59 Å². The minimum Gasteiger partial charge on any atom is -0.335 e. The molecule has 2 aliphatic carbocycles. The molecule has 0 radical (unpaired) electrons. The van der Waals surface area contributed by atoms with Gasteiger partial charge in [-0.3, -0.25) is 9.59 Å². The zero-order chi connectivity index (χ0) is 28.2. The molecule has 6 rings (SSSR count). The summed E-state index contributed by atoms with van der Waals surface area (Å²) in [5.41, 5.74) is 4.18. The first-order valence-electron chi connectivity index (χ1n) is 16.3. The van der Waals surface area contributed by atoms with Gasteiger partial charge in [-0.2, -0.15) is 0 Å². The number of aryl methyl sites for hydroxylation is 1. The zero-order valence-corrected chi connectivity index (χ0v) is 24.8. The predicted octanol–water partition coefficient (Wildman–Crippen LogP) is 7.39. The molecule has 1 aromatic heterocycles. The van der Waals surface area contributed by atoms with Gasteiger partial charge >= 0.3 is 0 Å². The number of rotatable bonds is 9. The molecule has 0 spiro atoms. The van der Waals surface area contributed by atoms with E-state index in [0.717, 1.165) is 54.6 Å². The highest BCUT2D eigenvalue weighted by atomic mass is 16.2. The highest BCUT2D eigenvalue weighted by Crippen LogP contribution is 2.35. The van der Waals surface area contributed by atoms with Crippen LogP contribution in [0.15, 0.2) is 48.5 Å². The first kappa shape index (κ1) is 28.0. The fraction of sp³-hybridized carbons (Fsp3) is 0.571. The SMILES string of the molecule is CCCCc1ccc(N2CC(c3nc4ccccc4n3CC(=O)N(C3CCCCC3)C3CCCCC3)CC2=O)cc1. The van der Waals surface area contributed by atoms with Gasteiger partial charge in [0.2, 0.25) is 11.8 Å². The third-order valence-corrected chi connectivity index (χ3v) is 9.76. The second kappa shape index (κ2) is 12.8. The lowest BCUT2D eigenvalue weighted by atomic mass is 9.88. The highest BCUT2D eigenvalue weighted by Gasteiger charge is 2.37. The summed E-state index contributed by atoms with van der Waals surface area (Å²) in [5, 5.41) is 0. The number of fused-ring (bicyclic) bond motifs is 1. The topological polar surface area (TPSA) is 58.4 Å². The molecule has 1 saturated heterocycles. The fourth-order valence-electron chi connectivity index (χ4n) is 7.57. The number of anilines is 1. The van der Waals surface area contributed by atoms with E-state index in [1.807, 2.05) is 23.1 Å². The zero-order valence-electron chi connectivity index (χ0n) is 24.8. The number of imidazole rings is 1. The molecule has 1 atom stereocenters. The Morgan fingerprint density at radius 1 is 0.902 bits per heavy atom. The number of carbonyl (C=O) groups is 2. The highest BCUT2D eigenvalue weighted by molar-refractivity contribution is 5.96. The third-order valence-electron chi connectivity index (χ3n) is 9.76. The number of benzene rings is 2. The molecule has 41 heavy (non-hydrogen) atoms. The third kappa shape index (κ3) is 6.07. The maximum Gasteiger partial charge on any atom is 0.243 e. The molecule has 3 aliphatic rings. The summed E-state index contributed by atoms with van der Waals surface area (Å²) in [6.07, 6.45) is 15.8. The van der Waals surface area contributed by atoms with E-state index in [1.165, 1.54) is 56.9 Å². The predicted molar refractivity (Wildman–Crippen MR) is 165 cm³/mol. The lowest BCUT2D eigenvalue weighted by molar-refractivity contribution is -0.138. The Hall–Kier alpha value is -3.15. The molecule has 3 fully saturated rings. The van der Waals surface area contributed by atoms with E-state index in [0.29, 0.717) is 31.6 Å². The number of unbranched alkanes of at least 4 members (excludes halogenated alkanes) is 1. The van der Waals surface area contributed by atoms with Crippen LogP contribution in [0.3, 0.4) is 0 Å². The van der Waals surface area contributed by atoms with Gasteiger partial charge in [-0.1, -0.05) is 76.1 Å². The summed E-state index contributed by atoms with van der Waals surface area (Å²) in [6, 6.07) is 17.4. The van der Waals surface area contributed by atoms with Crippen LogP contribution < -0.4 is 4.90 Å². The summed E-state index contributed by atoms with van der Waals surface area (Å²) in [7, 11) is 0. The van der Waals surface area contributed by atoms with Crippen molar-refractivity contribution in [3.8, 4) is 0 Å². The van der Waals surface area contributed by atoms with Crippen molar-refractivity contribution in [3.63, 3.8) is 0 Å². The average Bonchev–Trinajstić information content (AvgIpc) is 3.58. The van der Waals surface area contributed by atoms with Gasteiger partial charge in [0.1, 0.15) is 12.4 Å². The van der Waals surface area contributed by atoms with Gasteiger partial charge < -0.3 is 14.4 Å². The normalized spacial score (nSPS) is 20.7. The van der Waals surface area contributed by atoms with Gasteiger partial charge in [-0.05, 0) is 68.4 Å². The number of para-hydroxylation sites is 2. The number of hydrogen-bond donors (Lipinski definition) is 0. The molecule has 2 heterocycles. The average molecular weight is 555 g/mol. The Labute approximate surface area is 245 Å². The second-order valence-electron chi connectivity index (χ2n) is 12.6. The number of aromatic nitrogens is 2. The van der Waals surface area contributed by atoms with Crippen molar-refractivity contribution < 1.29 is 9.59 Å². The van der Waals surface area contributed by atoms with Crippen LogP contribution in [0.25, 0.3) is 11.0 Å². The first-order chi connectivity index (χ1) is 20.1. The summed E-state index contributed by atoms with van der Waals surface area (Å²) < 4.78 is 2.14. The van der Waals surface area contributed by atoms with Crippen molar-refractivity contribution in [1.29, 1.82) is 0 Å². The molecule has 1 aliphatic heterocycles. The van der Waals surface area contributed by atoms with Crippen LogP contribution in [-0.4, -0.2) is 44.9 Å². The molecule has 3 aromatic rings. The molecule has 0 N–H and O–H groups in total. The van der Waals surface area contributed by atoms with Crippen LogP contribution >= 0.6 is 0 Å². The second-order valence-corrected chi connectivity index (χ2v) is 12.6. The maximum absolute atomic E-state index is 14.3. The van der Waals surface area contributed by atoms with Gasteiger partial charge in [-0.25, -0.2) is 4.98 Å². The largest absolute Gasteiger partial charge is 0.335 e. The van der Waals surface area contributed by atoms with E-state index in [-0.39, 0.29) is 17.7 Å². The summed E-state index contributed by atoms with van der Waals surface area (Å²) in [5.74, 6) is 1.20. The van der Waals surface area contributed by atoms with Crippen LogP contribution in [-0.2, 0) is 22.6 Å². The molecule has 1 unspecified atom stereocenters. The van der Waals surface area contributed by atoms with Crippen molar-refractivity contribution in [1.82, 2.24) is 14.5 Å². The monoisotopic (exact) mass is 554 g/mol. The Kier molecular flexibility index (Phi) is 8.73. The summed E-state index contributed by atoms with van der Waals surface area (Å²) in [4.78, 5) is 36.9. The molecule has 6 heteroatoms. The minimum atomic E-state index is -0.0414. The van der Waals surface area contributed by atoms with Crippen molar-refractivity contribution in [2.45, 2.75) is 121 Å². The molecule has 2 saturated carbocycles. The number of nitrogens with zero attached hydrogens (tertiary/aromatic N) is 4. The smallest absolute Gasteiger partial charge is 0.243 e. The van der Waals surface area contributed by atoms with Gasteiger partial charge in [0, 0.05) is 36.7 Å². The fourth-order valence-corrected chi connectivity index (χ4v) is 7.57. The summed E-state index contributed by atoms with van der Waals surface area (Å²) >= 11 is 0. The quantitative estimate of drug-likeness (QED) is 0.277. The molecule has 2 amide bonds. The van der Waals surface area contributed by atoms with Crippen LogP contribution in [0, 0.1) is 0 Å². The van der Waals surface area contributed by atoms with E-state index in [1.54, 1.807) is 0 Å². The molecule has 0 bridgehead atoms. The van der Waals surface area contributed by atoms with E-state index >= 15 is 0 Å². The lowest BCUT2D eigenvalue weighted by Crippen LogP contribution is -2.50. The van der Waals surface area contributed by atoms with Crippen molar-refractivity contribution in [2.24, 2.45) is 0 Å². The molecular formula is C35H46N4O2. The molecular weight excluding hydrogens is 508 g/mol. The molecule has 6 nitrogen and oxygen atoms in total. The van der Waals surface area contributed by atoms with E-state index < -0.39 is 0 Å². The van der Waals surface area contributed by atoms with Gasteiger partial charge in [-0.15, -0.1) is 0 Å². The van der Waals surface area contributed by atoms with Crippen molar-refractivity contribution in [2.75, 3.05) is 11.4 Å². The van der Waals surface area contributed by atoms with Gasteiger partial charge in [0.25, 0.3) is 0 Å². The van der Waals surface area contributed by atoms with E-state index in [2.05, 4.69) is 46.7 Å². The first-order valence-corrected chi connectivity index (χ1v) is 16.3. The number of amides is 2.